The van der Waals surface area contributed by atoms with Crippen LogP contribution in [0, 0.1) is 0 Å². The molecule has 0 saturated carbocycles. The van der Waals surface area contributed by atoms with Gasteiger partial charge in [0.05, 0.1) is 38.1 Å². The Balaban J connectivity index is 1.90. The van der Waals surface area contributed by atoms with Crippen LogP contribution in [-0.4, -0.2) is 47.5 Å². The largest absolute Gasteiger partial charge is 0.491 e. The van der Waals surface area contributed by atoms with Gasteiger partial charge in [0, 0.05) is 20.3 Å². The Hall–Kier alpha value is -1.06. The molecule has 1 aliphatic rings. The van der Waals surface area contributed by atoms with E-state index in [2.05, 4.69) is 4.72 Å². The minimum absolute atomic E-state index is 0.343. The van der Waals surface area contributed by atoms with Crippen LogP contribution in [0.5, 0.6) is 5.75 Å². The fourth-order valence-corrected chi connectivity index (χ4v) is 5.07. The number of rotatable bonds is 7. The normalized spacial score (nSPS) is 18.5. The molecule has 0 spiro atoms. The molecule has 0 radical (unpaired) electrons. The van der Waals surface area contributed by atoms with Crippen LogP contribution in [0.1, 0.15) is 38.6 Å². The maximum Gasteiger partial charge on any atom is 0.120 e. The second-order valence-electron chi connectivity index (χ2n) is 7.67. The highest BCUT2D eigenvalue weighted by Gasteiger charge is 2.40. The second-order valence-corrected chi connectivity index (χ2v) is 10.7. The fourth-order valence-electron chi connectivity index (χ4n) is 2.85. The average Bonchev–Trinajstić information content (AvgIpc) is 3.06. The van der Waals surface area contributed by atoms with Gasteiger partial charge in [0.25, 0.3) is 0 Å². The van der Waals surface area contributed by atoms with E-state index in [0.29, 0.717) is 26.4 Å². The van der Waals surface area contributed by atoms with Crippen LogP contribution in [0.2, 0.25) is 0 Å². The molecule has 27 heavy (non-hydrogen) atoms. The van der Waals surface area contributed by atoms with Crippen molar-refractivity contribution in [3.8, 4) is 5.75 Å². The number of hydrogen-bond acceptors (Lipinski definition) is 6. The quantitative estimate of drug-likeness (QED) is 0.706. The Kier molecular flexibility index (Phi) is 6.53. The second kappa shape index (κ2) is 8.53. The minimum atomic E-state index is -1.18. The van der Waals surface area contributed by atoms with Gasteiger partial charge in [0.15, 0.2) is 0 Å². The number of methoxy groups -OCH3 is 1. The van der Waals surface area contributed by atoms with E-state index in [-0.39, 0.29) is 4.75 Å². The summed E-state index contributed by atoms with van der Waals surface area (Å²) < 4.78 is 33.3. The highest BCUT2D eigenvalue weighted by molar-refractivity contribution is 7.84. The van der Waals surface area contributed by atoms with E-state index in [4.69, 9.17) is 19.2 Å². The molecule has 8 heteroatoms. The van der Waals surface area contributed by atoms with Crippen LogP contribution in [0.4, 0.5) is 0 Å². The van der Waals surface area contributed by atoms with E-state index in [1.165, 1.54) is 0 Å². The first-order valence-corrected chi connectivity index (χ1v) is 11.1. The summed E-state index contributed by atoms with van der Waals surface area (Å²) in [4.78, 5) is 4.87. The average molecular weight is 413 g/mol. The lowest BCUT2D eigenvalue weighted by atomic mass is 9.92. The number of aromatic nitrogens is 1. The number of fused-ring (bicyclic) bond motifs is 1. The Morgan fingerprint density at radius 3 is 2.70 bits per heavy atom. The molecular formula is C19H28N2O4S2. The Morgan fingerprint density at radius 1 is 1.30 bits per heavy atom. The van der Waals surface area contributed by atoms with Crippen LogP contribution in [0.3, 0.4) is 0 Å². The summed E-state index contributed by atoms with van der Waals surface area (Å²) in [5, 5.41) is 0.965. The third kappa shape index (κ3) is 4.86. The Bertz CT molecular complexity index is 795. The van der Waals surface area contributed by atoms with Crippen LogP contribution in [0.15, 0.2) is 18.2 Å². The van der Waals surface area contributed by atoms with Crippen molar-refractivity contribution < 1.29 is 18.4 Å². The SMILES string of the molecule is COCCOc1ccc2nc(C3(NS(=O)C(C)(C)C)CCOCC3)sc2c1. The summed E-state index contributed by atoms with van der Waals surface area (Å²) in [6.45, 7) is 8.27. The van der Waals surface area contributed by atoms with Gasteiger partial charge in [-0.05, 0) is 51.8 Å². The van der Waals surface area contributed by atoms with Crippen molar-refractivity contribution in [2.24, 2.45) is 0 Å². The highest BCUT2D eigenvalue weighted by atomic mass is 32.2. The Morgan fingerprint density at radius 2 is 2.04 bits per heavy atom. The van der Waals surface area contributed by atoms with Crippen molar-refractivity contribution in [3.63, 3.8) is 0 Å². The predicted octanol–water partition coefficient (Wildman–Crippen LogP) is 3.38. The highest BCUT2D eigenvalue weighted by Crippen LogP contribution is 2.39. The van der Waals surface area contributed by atoms with Crippen LogP contribution >= 0.6 is 11.3 Å². The molecule has 2 heterocycles. The van der Waals surface area contributed by atoms with Gasteiger partial charge in [-0.25, -0.2) is 13.9 Å². The summed E-state index contributed by atoms with van der Waals surface area (Å²) in [7, 11) is 0.473. The first-order valence-electron chi connectivity index (χ1n) is 9.14. The predicted molar refractivity (Wildman–Crippen MR) is 110 cm³/mol. The van der Waals surface area contributed by atoms with E-state index in [0.717, 1.165) is 33.8 Å². The van der Waals surface area contributed by atoms with E-state index in [9.17, 15) is 4.21 Å². The fraction of sp³-hybridized carbons (Fsp3) is 0.632. The zero-order valence-corrected chi connectivity index (χ0v) is 18.0. The number of benzene rings is 1. The third-order valence-electron chi connectivity index (χ3n) is 4.52. The lowest BCUT2D eigenvalue weighted by Crippen LogP contribution is -2.50. The zero-order valence-electron chi connectivity index (χ0n) is 16.4. The molecule has 6 nitrogen and oxygen atoms in total. The summed E-state index contributed by atoms with van der Waals surface area (Å²) in [5.74, 6) is 0.807. The molecule has 1 N–H and O–H groups in total. The molecule has 1 aromatic heterocycles. The summed E-state index contributed by atoms with van der Waals surface area (Å²) in [5.41, 5.74) is 0.514. The Labute approximate surface area is 167 Å². The van der Waals surface area contributed by atoms with Gasteiger partial charge in [-0.2, -0.15) is 0 Å². The molecule has 1 unspecified atom stereocenters. The topological polar surface area (TPSA) is 69.7 Å². The maximum absolute atomic E-state index is 12.8. The molecule has 1 fully saturated rings. The first kappa shape index (κ1) is 20.7. The first-order chi connectivity index (χ1) is 12.8. The number of ether oxygens (including phenoxy) is 3. The van der Waals surface area contributed by atoms with Crippen LogP contribution < -0.4 is 9.46 Å². The van der Waals surface area contributed by atoms with E-state index in [1.54, 1.807) is 18.4 Å². The monoisotopic (exact) mass is 412 g/mol. The van der Waals surface area contributed by atoms with Crippen molar-refractivity contribution in [3.05, 3.63) is 23.2 Å². The molecule has 1 atom stereocenters. The molecule has 0 amide bonds. The van der Waals surface area contributed by atoms with E-state index in [1.807, 2.05) is 39.0 Å². The molecule has 0 bridgehead atoms. The van der Waals surface area contributed by atoms with E-state index >= 15 is 0 Å². The van der Waals surface area contributed by atoms with Gasteiger partial charge < -0.3 is 14.2 Å². The van der Waals surface area contributed by atoms with Crippen molar-refractivity contribution in [2.45, 2.75) is 43.9 Å². The van der Waals surface area contributed by atoms with Gasteiger partial charge in [0.1, 0.15) is 17.4 Å². The lowest BCUT2D eigenvalue weighted by molar-refractivity contribution is 0.0462. The van der Waals surface area contributed by atoms with Gasteiger partial charge in [-0.1, -0.05) is 0 Å². The number of nitrogens with zero attached hydrogens (tertiary/aromatic N) is 1. The van der Waals surface area contributed by atoms with Crippen molar-refractivity contribution >= 4 is 32.5 Å². The van der Waals surface area contributed by atoms with Crippen molar-refractivity contribution in [1.29, 1.82) is 0 Å². The molecule has 2 aromatic rings. The summed E-state index contributed by atoms with van der Waals surface area (Å²) >= 11 is 1.63. The number of thiazole rings is 1. The molecule has 0 aliphatic carbocycles. The molecule has 3 rings (SSSR count). The standard InChI is InChI=1S/C19H28N2O4S2/c1-18(2,3)27(22)21-19(7-9-24-10-8-19)17-20-15-6-5-14(13-16(15)26-17)25-12-11-23-4/h5-6,13,21H,7-12H2,1-4H3. The third-order valence-corrected chi connectivity index (χ3v) is 7.43. The number of nitrogens with one attached hydrogen (secondary N) is 1. The minimum Gasteiger partial charge on any atom is -0.491 e. The lowest BCUT2D eigenvalue weighted by Gasteiger charge is -2.37. The van der Waals surface area contributed by atoms with Crippen LogP contribution in [0.25, 0.3) is 10.2 Å². The summed E-state index contributed by atoms with van der Waals surface area (Å²) in [6, 6.07) is 5.92. The molecule has 150 valence electrons. The van der Waals surface area contributed by atoms with Gasteiger partial charge in [0.2, 0.25) is 0 Å². The van der Waals surface area contributed by atoms with Crippen LogP contribution in [-0.2, 0) is 26.0 Å². The molecule has 1 aliphatic heterocycles. The molecule has 1 aromatic carbocycles. The summed E-state index contributed by atoms with van der Waals surface area (Å²) in [6.07, 6.45) is 1.51. The van der Waals surface area contributed by atoms with Gasteiger partial charge in [-0.15, -0.1) is 11.3 Å². The van der Waals surface area contributed by atoms with Gasteiger partial charge in [-0.3, -0.25) is 0 Å². The maximum atomic E-state index is 12.8. The molecular weight excluding hydrogens is 384 g/mol. The van der Waals surface area contributed by atoms with E-state index < -0.39 is 16.5 Å². The molecule has 1 saturated heterocycles. The smallest absolute Gasteiger partial charge is 0.120 e. The number of hydrogen-bond donors (Lipinski definition) is 1. The van der Waals surface area contributed by atoms with Crippen molar-refractivity contribution in [1.82, 2.24) is 9.71 Å². The van der Waals surface area contributed by atoms with Crippen molar-refractivity contribution in [2.75, 3.05) is 33.5 Å². The van der Waals surface area contributed by atoms with Gasteiger partial charge >= 0.3 is 0 Å². The zero-order chi connectivity index (χ0) is 19.5.